The summed E-state index contributed by atoms with van der Waals surface area (Å²) >= 11 is 0. The Balaban J connectivity index is 2.61. The summed E-state index contributed by atoms with van der Waals surface area (Å²) in [6.07, 6.45) is 0. The Bertz CT molecular complexity index is 563. The Morgan fingerprint density at radius 1 is 1.06 bits per heavy atom. The van der Waals surface area contributed by atoms with E-state index in [9.17, 15) is 0 Å². The van der Waals surface area contributed by atoms with E-state index in [4.69, 9.17) is 11.5 Å². The molecule has 80 valence electrons. The molecule has 0 saturated heterocycles. The predicted octanol–water partition coefficient (Wildman–Crippen LogP) is 1.37. The molecule has 0 spiro atoms. The van der Waals surface area contributed by atoms with Gasteiger partial charge in [0.15, 0.2) is 6.72 Å². The van der Waals surface area contributed by atoms with Crippen molar-refractivity contribution in [3.8, 4) is 0 Å². The third kappa shape index (κ3) is 1.86. The molecule has 4 N–H and O–H groups in total. The monoisotopic (exact) mass is 213 g/mol. The molecule has 4 nitrogen and oxygen atoms in total. The number of benzene rings is 2. The maximum atomic E-state index is 5.32. The molecule has 0 aromatic heterocycles. The van der Waals surface area contributed by atoms with Gasteiger partial charge in [0.2, 0.25) is 5.69 Å². The highest BCUT2D eigenvalue weighted by atomic mass is 15.4. The minimum atomic E-state index is -0.0112. The summed E-state index contributed by atoms with van der Waals surface area (Å²) in [4.78, 5) is 0. The second kappa shape index (κ2) is 4.02. The SMILES string of the molecule is C=[N+](N=C(N)N)c1cccc2ccccc12. The van der Waals surface area contributed by atoms with Gasteiger partial charge in [-0.15, -0.1) is 0 Å². The first kappa shape index (κ1) is 10.2. The lowest BCUT2D eigenvalue weighted by molar-refractivity contribution is -0.434. The van der Waals surface area contributed by atoms with Crippen LogP contribution >= 0.6 is 0 Å². The van der Waals surface area contributed by atoms with E-state index >= 15 is 0 Å². The zero-order valence-corrected chi connectivity index (χ0v) is 8.80. The van der Waals surface area contributed by atoms with Crippen molar-refractivity contribution >= 4 is 29.1 Å². The smallest absolute Gasteiger partial charge is 0.257 e. The number of hydrazone groups is 1. The first-order valence-corrected chi connectivity index (χ1v) is 4.86. The maximum absolute atomic E-state index is 5.32. The van der Waals surface area contributed by atoms with Gasteiger partial charge in [-0.05, 0) is 11.5 Å². The van der Waals surface area contributed by atoms with Crippen molar-refractivity contribution in [1.82, 2.24) is 0 Å². The van der Waals surface area contributed by atoms with Crippen molar-refractivity contribution in [2.75, 3.05) is 0 Å². The Hall–Kier alpha value is -2.36. The molecule has 0 bridgehead atoms. The van der Waals surface area contributed by atoms with Crippen molar-refractivity contribution in [2.24, 2.45) is 16.6 Å². The number of hydrogen-bond donors (Lipinski definition) is 2. The second-order valence-electron chi connectivity index (χ2n) is 3.42. The fourth-order valence-electron chi connectivity index (χ4n) is 1.63. The molecule has 0 radical (unpaired) electrons. The summed E-state index contributed by atoms with van der Waals surface area (Å²) in [5.41, 5.74) is 11.5. The molecule has 2 aromatic rings. The zero-order valence-electron chi connectivity index (χ0n) is 8.80. The van der Waals surface area contributed by atoms with Crippen molar-refractivity contribution in [3.63, 3.8) is 0 Å². The Morgan fingerprint density at radius 2 is 1.75 bits per heavy atom. The van der Waals surface area contributed by atoms with E-state index in [2.05, 4.69) is 11.8 Å². The molecule has 0 fully saturated rings. The summed E-state index contributed by atoms with van der Waals surface area (Å²) in [5.74, 6) is -0.0112. The van der Waals surface area contributed by atoms with Crippen LogP contribution in [0.25, 0.3) is 10.8 Å². The summed E-state index contributed by atoms with van der Waals surface area (Å²) < 4.78 is 1.43. The Kier molecular flexibility index (Phi) is 2.55. The van der Waals surface area contributed by atoms with Crippen molar-refractivity contribution < 1.29 is 4.68 Å². The molecule has 16 heavy (non-hydrogen) atoms. The van der Waals surface area contributed by atoms with Crippen molar-refractivity contribution in [2.45, 2.75) is 0 Å². The number of guanidine groups is 1. The third-order valence-electron chi connectivity index (χ3n) is 2.28. The van der Waals surface area contributed by atoms with Crippen LogP contribution in [0.15, 0.2) is 47.6 Å². The normalized spacial score (nSPS) is 10.0. The number of hydrogen-bond acceptors (Lipinski definition) is 1. The lowest BCUT2D eigenvalue weighted by atomic mass is 10.1. The van der Waals surface area contributed by atoms with E-state index in [0.29, 0.717) is 0 Å². The minimum Gasteiger partial charge on any atom is -0.365 e. The Morgan fingerprint density at radius 3 is 2.50 bits per heavy atom. The van der Waals surface area contributed by atoms with Crippen LogP contribution in [0.2, 0.25) is 0 Å². The minimum absolute atomic E-state index is 0.0112. The summed E-state index contributed by atoms with van der Waals surface area (Å²) in [7, 11) is 0. The number of rotatable bonds is 2. The first-order chi connectivity index (χ1) is 7.68. The van der Waals surface area contributed by atoms with Crippen LogP contribution in [-0.2, 0) is 0 Å². The van der Waals surface area contributed by atoms with Gasteiger partial charge in [-0.2, -0.15) is 0 Å². The third-order valence-corrected chi connectivity index (χ3v) is 2.28. The lowest BCUT2D eigenvalue weighted by Crippen LogP contribution is -2.24. The van der Waals surface area contributed by atoms with E-state index in [1.807, 2.05) is 42.5 Å². The highest BCUT2D eigenvalue weighted by Crippen LogP contribution is 2.24. The number of nitrogens with zero attached hydrogens (tertiary/aromatic N) is 2. The van der Waals surface area contributed by atoms with Crippen LogP contribution in [0, 0.1) is 0 Å². The predicted molar refractivity (Wildman–Crippen MR) is 66.8 cm³/mol. The average Bonchev–Trinajstić information content (AvgIpc) is 2.27. The molecule has 0 atom stereocenters. The van der Waals surface area contributed by atoms with Gasteiger partial charge in [-0.25, -0.2) is 0 Å². The fraction of sp³-hybridized carbons (Fsp3) is 0. The second-order valence-corrected chi connectivity index (χ2v) is 3.42. The van der Waals surface area contributed by atoms with Crippen LogP contribution in [0.4, 0.5) is 5.69 Å². The van der Waals surface area contributed by atoms with Gasteiger partial charge in [0.1, 0.15) is 0 Å². The summed E-state index contributed by atoms with van der Waals surface area (Å²) in [6, 6.07) is 13.9. The van der Waals surface area contributed by atoms with Crippen LogP contribution in [0.3, 0.4) is 0 Å². The first-order valence-electron chi connectivity index (χ1n) is 4.86. The molecular weight excluding hydrogens is 200 g/mol. The van der Waals surface area contributed by atoms with Crippen molar-refractivity contribution in [3.05, 3.63) is 42.5 Å². The molecule has 0 unspecified atom stereocenters. The highest BCUT2D eigenvalue weighted by molar-refractivity contribution is 5.90. The standard InChI is InChI=1S/C12H13N4/c1-16(15-12(13)14)11-8-4-6-9-5-2-3-7-10(9)11/h2-8H,1H2,(H4,13,14,15)/q+1. The van der Waals surface area contributed by atoms with Crippen LogP contribution < -0.4 is 11.5 Å². The van der Waals surface area contributed by atoms with Crippen LogP contribution in [0.1, 0.15) is 0 Å². The lowest BCUT2D eigenvalue weighted by Gasteiger charge is -1.99. The topological polar surface area (TPSA) is 67.4 Å². The van der Waals surface area contributed by atoms with Gasteiger partial charge >= 0.3 is 0 Å². The van der Waals surface area contributed by atoms with Gasteiger partial charge < -0.3 is 11.5 Å². The van der Waals surface area contributed by atoms with E-state index in [1.165, 1.54) is 4.68 Å². The van der Waals surface area contributed by atoms with Crippen LogP contribution in [0.5, 0.6) is 0 Å². The van der Waals surface area contributed by atoms with Gasteiger partial charge in [-0.1, -0.05) is 35.0 Å². The van der Waals surface area contributed by atoms with E-state index in [1.54, 1.807) is 0 Å². The van der Waals surface area contributed by atoms with Gasteiger partial charge in [0.05, 0.1) is 5.39 Å². The zero-order chi connectivity index (χ0) is 11.5. The summed E-state index contributed by atoms with van der Waals surface area (Å²) in [5, 5.41) is 6.08. The van der Waals surface area contributed by atoms with Crippen molar-refractivity contribution in [1.29, 1.82) is 0 Å². The maximum Gasteiger partial charge on any atom is 0.257 e. The van der Waals surface area contributed by atoms with Gasteiger partial charge in [0, 0.05) is 11.2 Å². The molecule has 4 heteroatoms. The molecule has 0 saturated carbocycles. The molecular formula is C12H13N4+. The largest absolute Gasteiger partial charge is 0.365 e. The molecule has 0 aliphatic rings. The summed E-state index contributed by atoms with van der Waals surface area (Å²) in [6.45, 7) is 3.78. The van der Waals surface area contributed by atoms with Gasteiger partial charge in [-0.3, -0.25) is 0 Å². The van der Waals surface area contributed by atoms with E-state index in [-0.39, 0.29) is 5.96 Å². The van der Waals surface area contributed by atoms with E-state index < -0.39 is 0 Å². The Labute approximate surface area is 93.5 Å². The highest BCUT2D eigenvalue weighted by Gasteiger charge is 2.10. The molecule has 0 aliphatic carbocycles. The molecule has 2 rings (SSSR count). The van der Waals surface area contributed by atoms with Gasteiger partial charge in [0.25, 0.3) is 5.96 Å². The van der Waals surface area contributed by atoms with E-state index in [0.717, 1.165) is 16.5 Å². The molecule has 0 heterocycles. The number of fused-ring (bicyclic) bond motifs is 1. The number of nitrogens with two attached hydrogens (primary N) is 2. The van der Waals surface area contributed by atoms with Crippen LogP contribution in [-0.4, -0.2) is 17.4 Å². The molecule has 0 aliphatic heterocycles. The molecule has 2 aromatic carbocycles. The quantitative estimate of drug-likeness (QED) is 0.342. The average molecular weight is 213 g/mol. The molecule has 0 amide bonds. The fourth-order valence-corrected chi connectivity index (χ4v) is 1.63.